The van der Waals surface area contributed by atoms with Gasteiger partial charge in [0, 0.05) is 11.8 Å². The van der Waals surface area contributed by atoms with E-state index in [0.29, 0.717) is 12.8 Å². The van der Waals surface area contributed by atoms with Gasteiger partial charge in [0.15, 0.2) is 10.8 Å². The second kappa shape index (κ2) is 3.62. The predicted molar refractivity (Wildman–Crippen MR) is 57.3 cm³/mol. The first-order valence-corrected chi connectivity index (χ1v) is 5.54. The Morgan fingerprint density at radius 2 is 1.12 bits per heavy atom. The zero-order valence-corrected chi connectivity index (χ0v) is 9.22. The molecule has 3 rings (SSSR count). The summed E-state index contributed by atoms with van der Waals surface area (Å²) in [5, 5.41) is 37.5. The first-order valence-electron chi connectivity index (χ1n) is 5.54. The molecule has 0 aromatic heterocycles. The molecule has 1 saturated carbocycles. The molecule has 4 nitrogen and oxygen atoms in total. The molecular formula is C13H10N4. The average Bonchev–Trinajstić information content (AvgIpc) is 2.69. The first-order chi connectivity index (χ1) is 8.20. The smallest absolute Gasteiger partial charge is 0.182 e. The van der Waals surface area contributed by atoms with Crippen molar-refractivity contribution in [1.29, 1.82) is 21.0 Å². The van der Waals surface area contributed by atoms with Gasteiger partial charge >= 0.3 is 0 Å². The van der Waals surface area contributed by atoms with Crippen LogP contribution in [0.4, 0.5) is 0 Å². The highest BCUT2D eigenvalue weighted by atomic mass is 14.6. The Morgan fingerprint density at radius 3 is 1.41 bits per heavy atom. The van der Waals surface area contributed by atoms with Crippen LogP contribution in [-0.2, 0) is 0 Å². The topological polar surface area (TPSA) is 95.2 Å². The lowest BCUT2D eigenvalue weighted by Gasteiger charge is -2.40. The van der Waals surface area contributed by atoms with Crippen LogP contribution in [0.2, 0.25) is 0 Å². The number of hydrogen-bond donors (Lipinski definition) is 0. The third-order valence-corrected chi connectivity index (χ3v) is 4.05. The quantitative estimate of drug-likeness (QED) is 0.586. The molecule has 0 heterocycles. The van der Waals surface area contributed by atoms with Crippen molar-refractivity contribution in [3.8, 4) is 24.3 Å². The summed E-state index contributed by atoms with van der Waals surface area (Å²) in [7, 11) is 0. The molecule has 1 fully saturated rings. The van der Waals surface area contributed by atoms with Gasteiger partial charge in [0.2, 0.25) is 0 Å². The average molecular weight is 222 g/mol. The van der Waals surface area contributed by atoms with E-state index in [2.05, 4.69) is 0 Å². The summed E-state index contributed by atoms with van der Waals surface area (Å²) in [6, 6.07) is 7.90. The lowest BCUT2D eigenvalue weighted by atomic mass is 9.53. The molecule has 0 N–H and O–H groups in total. The number of nitriles is 4. The summed E-state index contributed by atoms with van der Waals surface area (Å²) in [6.45, 7) is 0. The maximum absolute atomic E-state index is 9.38. The number of fused-ring (bicyclic) bond motifs is 3. The third kappa shape index (κ3) is 1.08. The van der Waals surface area contributed by atoms with E-state index in [1.807, 2.05) is 36.4 Å². The minimum atomic E-state index is -1.52. The van der Waals surface area contributed by atoms with E-state index in [1.54, 1.807) is 0 Å². The Labute approximate surface area is 100.0 Å². The van der Waals surface area contributed by atoms with E-state index in [9.17, 15) is 21.0 Å². The van der Waals surface area contributed by atoms with Crippen LogP contribution in [-0.4, -0.2) is 0 Å². The van der Waals surface area contributed by atoms with E-state index >= 15 is 0 Å². The van der Waals surface area contributed by atoms with Gasteiger partial charge in [-0.25, -0.2) is 0 Å². The summed E-state index contributed by atoms with van der Waals surface area (Å²) in [5.41, 5.74) is -3.04. The van der Waals surface area contributed by atoms with Crippen molar-refractivity contribution >= 4 is 0 Å². The lowest BCUT2D eigenvalue weighted by molar-refractivity contribution is 0.174. The Kier molecular flexibility index (Phi) is 2.38. The van der Waals surface area contributed by atoms with Gasteiger partial charge in [0.1, 0.15) is 0 Å². The van der Waals surface area contributed by atoms with Gasteiger partial charge in [-0.05, 0) is 12.8 Å². The third-order valence-electron chi connectivity index (χ3n) is 4.05. The van der Waals surface area contributed by atoms with Gasteiger partial charge < -0.3 is 0 Å². The molecule has 0 unspecified atom stereocenters. The van der Waals surface area contributed by atoms with Gasteiger partial charge in [-0.15, -0.1) is 0 Å². The minimum Gasteiger partial charge on any atom is -0.196 e. The van der Waals surface area contributed by atoms with E-state index in [4.69, 9.17) is 0 Å². The van der Waals surface area contributed by atoms with Gasteiger partial charge in [0.05, 0.1) is 24.3 Å². The highest BCUT2D eigenvalue weighted by Crippen LogP contribution is 2.57. The molecule has 3 aliphatic carbocycles. The largest absolute Gasteiger partial charge is 0.196 e. The van der Waals surface area contributed by atoms with Crippen molar-refractivity contribution in [2.45, 2.75) is 19.3 Å². The molecule has 0 spiro atoms. The Bertz CT molecular complexity index is 456. The minimum absolute atomic E-state index is 0.310. The Morgan fingerprint density at radius 1 is 0.765 bits per heavy atom. The zero-order valence-electron chi connectivity index (χ0n) is 9.22. The highest BCUT2D eigenvalue weighted by Gasteiger charge is 2.64. The summed E-state index contributed by atoms with van der Waals surface area (Å²) in [4.78, 5) is 0. The molecule has 0 saturated heterocycles. The lowest BCUT2D eigenvalue weighted by Crippen LogP contribution is -2.48. The van der Waals surface area contributed by atoms with Crippen molar-refractivity contribution < 1.29 is 0 Å². The molecular weight excluding hydrogens is 212 g/mol. The van der Waals surface area contributed by atoms with Crippen LogP contribution < -0.4 is 0 Å². The second-order valence-electron chi connectivity index (χ2n) is 4.59. The van der Waals surface area contributed by atoms with Crippen molar-refractivity contribution in [1.82, 2.24) is 0 Å². The van der Waals surface area contributed by atoms with Gasteiger partial charge in [-0.2, -0.15) is 21.0 Å². The van der Waals surface area contributed by atoms with E-state index in [0.717, 1.165) is 6.42 Å². The SMILES string of the molecule is N#CC1(C#N)[C@H]2C=C[C@@H](CCC2)C1(C#N)C#N. The van der Waals surface area contributed by atoms with Gasteiger partial charge in [-0.3, -0.25) is 0 Å². The molecule has 2 bridgehead atoms. The molecule has 0 radical (unpaired) electrons. The van der Waals surface area contributed by atoms with E-state index in [1.165, 1.54) is 0 Å². The van der Waals surface area contributed by atoms with Crippen LogP contribution in [0.15, 0.2) is 12.2 Å². The van der Waals surface area contributed by atoms with Crippen LogP contribution in [0, 0.1) is 68.0 Å². The molecule has 82 valence electrons. The number of nitrogens with zero attached hydrogens (tertiary/aromatic N) is 4. The molecule has 2 atom stereocenters. The molecule has 0 aliphatic heterocycles. The molecule has 17 heavy (non-hydrogen) atoms. The normalized spacial score (nSPS) is 31.3. The van der Waals surface area contributed by atoms with Gasteiger partial charge in [-0.1, -0.05) is 18.6 Å². The zero-order chi connectivity index (χ0) is 12.5. The Hall–Kier alpha value is -2.30. The number of allylic oxidation sites excluding steroid dienone is 2. The highest BCUT2D eigenvalue weighted by molar-refractivity contribution is 5.42. The van der Waals surface area contributed by atoms with Crippen LogP contribution in [0.5, 0.6) is 0 Å². The maximum atomic E-state index is 9.38. The van der Waals surface area contributed by atoms with Crippen molar-refractivity contribution in [3.63, 3.8) is 0 Å². The summed E-state index contributed by atoms with van der Waals surface area (Å²) in [6.07, 6.45) is 5.92. The summed E-state index contributed by atoms with van der Waals surface area (Å²) < 4.78 is 0. The monoisotopic (exact) mass is 222 g/mol. The Balaban J connectivity index is 2.77. The summed E-state index contributed by atoms with van der Waals surface area (Å²) in [5.74, 6) is -0.619. The molecule has 3 aliphatic rings. The molecule has 4 heteroatoms. The van der Waals surface area contributed by atoms with Gasteiger partial charge in [0.25, 0.3) is 0 Å². The van der Waals surface area contributed by atoms with Crippen LogP contribution in [0.25, 0.3) is 0 Å². The fourth-order valence-electron chi connectivity index (χ4n) is 3.06. The van der Waals surface area contributed by atoms with Crippen molar-refractivity contribution in [2.75, 3.05) is 0 Å². The fourth-order valence-corrected chi connectivity index (χ4v) is 3.06. The summed E-state index contributed by atoms with van der Waals surface area (Å²) >= 11 is 0. The van der Waals surface area contributed by atoms with Crippen LogP contribution >= 0.6 is 0 Å². The number of rotatable bonds is 0. The van der Waals surface area contributed by atoms with Crippen LogP contribution in [0.1, 0.15) is 19.3 Å². The number of hydrogen-bond acceptors (Lipinski definition) is 4. The van der Waals surface area contributed by atoms with E-state index < -0.39 is 10.8 Å². The molecule has 0 aromatic carbocycles. The van der Waals surface area contributed by atoms with Crippen LogP contribution in [0.3, 0.4) is 0 Å². The van der Waals surface area contributed by atoms with E-state index in [-0.39, 0.29) is 11.8 Å². The fraction of sp³-hybridized carbons (Fsp3) is 0.538. The van der Waals surface area contributed by atoms with Crippen molar-refractivity contribution in [2.24, 2.45) is 22.7 Å². The molecule has 0 aromatic rings. The molecule has 0 amide bonds. The van der Waals surface area contributed by atoms with Crippen molar-refractivity contribution in [3.05, 3.63) is 12.2 Å². The first kappa shape index (κ1) is 11.2. The maximum Gasteiger partial charge on any atom is 0.182 e. The predicted octanol–water partition coefficient (Wildman–Crippen LogP) is 2.04. The standard InChI is InChI=1S/C13H10N4/c14-6-12(7-15)10-2-1-3-11(5-4-10)13(12,8-16)9-17/h4-5,10-11H,1-3H2/t10-,11-/m1/s1. The second-order valence-corrected chi connectivity index (χ2v) is 4.59.